The van der Waals surface area contributed by atoms with Crippen molar-refractivity contribution >= 4 is 15.9 Å². The molecule has 7 heteroatoms. The first kappa shape index (κ1) is 19.4. The summed E-state index contributed by atoms with van der Waals surface area (Å²) in [5, 5.41) is 0. The molecule has 0 unspecified atom stereocenters. The molecule has 1 heterocycles. The summed E-state index contributed by atoms with van der Waals surface area (Å²) in [6, 6.07) is 12.5. The number of ether oxygens (including phenoxy) is 1. The SMILES string of the molecule is COc1ccc(C)cc1S(=O)(=O)N1CCN(C(=O)c2cccc(C)c2)CC1. The summed E-state index contributed by atoms with van der Waals surface area (Å²) in [7, 11) is -2.22. The molecule has 0 bridgehead atoms. The van der Waals surface area contributed by atoms with Crippen molar-refractivity contribution in [3.05, 3.63) is 59.2 Å². The van der Waals surface area contributed by atoms with Crippen molar-refractivity contribution in [3.8, 4) is 5.75 Å². The van der Waals surface area contributed by atoms with Gasteiger partial charge < -0.3 is 9.64 Å². The Labute approximate surface area is 160 Å². The molecule has 0 aromatic heterocycles. The van der Waals surface area contributed by atoms with Gasteiger partial charge in [-0.15, -0.1) is 0 Å². The van der Waals surface area contributed by atoms with Crippen molar-refractivity contribution in [2.75, 3.05) is 33.3 Å². The van der Waals surface area contributed by atoms with Crippen LogP contribution < -0.4 is 4.74 Å². The molecular formula is C20H24N2O4S. The third-order valence-corrected chi connectivity index (χ3v) is 6.65. The van der Waals surface area contributed by atoms with Crippen molar-refractivity contribution in [3.63, 3.8) is 0 Å². The highest BCUT2D eigenvalue weighted by Crippen LogP contribution is 2.28. The maximum Gasteiger partial charge on any atom is 0.253 e. The number of sulfonamides is 1. The number of benzene rings is 2. The molecular weight excluding hydrogens is 364 g/mol. The zero-order chi connectivity index (χ0) is 19.6. The minimum absolute atomic E-state index is 0.0658. The summed E-state index contributed by atoms with van der Waals surface area (Å²) in [5.41, 5.74) is 2.50. The largest absolute Gasteiger partial charge is 0.495 e. The minimum Gasteiger partial charge on any atom is -0.495 e. The van der Waals surface area contributed by atoms with Crippen molar-refractivity contribution < 1.29 is 17.9 Å². The van der Waals surface area contributed by atoms with E-state index in [4.69, 9.17) is 4.74 Å². The predicted molar refractivity (Wildman–Crippen MR) is 104 cm³/mol. The molecule has 1 aliphatic heterocycles. The number of carbonyl (C=O) groups is 1. The number of hydrogen-bond acceptors (Lipinski definition) is 4. The molecule has 27 heavy (non-hydrogen) atoms. The second kappa shape index (κ2) is 7.70. The van der Waals surface area contributed by atoms with Gasteiger partial charge in [0.1, 0.15) is 10.6 Å². The van der Waals surface area contributed by atoms with Gasteiger partial charge in [0.05, 0.1) is 7.11 Å². The fraction of sp³-hybridized carbons (Fsp3) is 0.350. The van der Waals surface area contributed by atoms with E-state index in [2.05, 4.69) is 0 Å². The molecule has 0 spiro atoms. The fourth-order valence-electron chi connectivity index (χ4n) is 3.22. The van der Waals surface area contributed by atoms with Crippen LogP contribution in [-0.2, 0) is 10.0 Å². The van der Waals surface area contributed by atoms with Gasteiger partial charge in [0.25, 0.3) is 5.91 Å². The van der Waals surface area contributed by atoms with Gasteiger partial charge in [0, 0.05) is 31.7 Å². The molecule has 1 amide bonds. The molecule has 0 atom stereocenters. The van der Waals surface area contributed by atoms with E-state index in [1.807, 2.05) is 38.1 Å². The fourth-order valence-corrected chi connectivity index (χ4v) is 4.88. The van der Waals surface area contributed by atoms with Crippen molar-refractivity contribution in [2.24, 2.45) is 0 Å². The van der Waals surface area contributed by atoms with Crippen LogP contribution in [0.5, 0.6) is 5.75 Å². The van der Waals surface area contributed by atoms with E-state index in [0.29, 0.717) is 24.4 Å². The lowest BCUT2D eigenvalue weighted by atomic mass is 10.1. The smallest absolute Gasteiger partial charge is 0.253 e. The number of methoxy groups -OCH3 is 1. The molecule has 1 fully saturated rings. The lowest BCUT2D eigenvalue weighted by Crippen LogP contribution is -2.50. The van der Waals surface area contributed by atoms with Crippen LogP contribution >= 0.6 is 0 Å². The van der Waals surface area contributed by atoms with Crippen LogP contribution in [0, 0.1) is 13.8 Å². The van der Waals surface area contributed by atoms with E-state index >= 15 is 0 Å². The second-order valence-electron chi connectivity index (χ2n) is 6.72. The predicted octanol–water partition coefficient (Wildman–Crippen LogP) is 2.46. The van der Waals surface area contributed by atoms with E-state index in [0.717, 1.165) is 11.1 Å². The summed E-state index contributed by atoms with van der Waals surface area (Å²) < 4.78 is 32.8. The maximum atomic E-state index is 13.1. The van der Waals surface area contributed by atoms with E-state index in [1.165, 1.54) is 11.4 Å². The third-order valence-electron chi connectivity index (χ3n) is 4.73. The number of nitrogens with zero attached hydrogens (tertiary/aromatic N) is 2. The van der Waals surface area contributed by atoms with Crippen LogP contribution in [0.4, 0.5) is 0 Å². The number of aryl methyl sites for hydroxylation is 2. The highest BCUT2D eigenvalue weighted by molar-refractivity contribution is 7.89. The number of rotatable bonds is 4. The normalized spacial score (nSPS) is 15.6. The molecule has 0 radical (unpaired) electrons. The Hall–Kier alpha value is -2.38. The van der Waals surface area contributed by atoms with Crippen molar-refractivity contribution in [1.82, 2.24) is 9.21 Å². The Balaban J connectivity index is 1.75. The first-order chi connectivity index (χ1) is 12.8. The summed E-state index contributed by atoms with van der Waals surface area (Å²) in [5.74, 6) is 0.266. The van der Waals surface area contributed by atoms with Crippen LogP contribution in [-0.4, -0.2) is 56.8 Å². The zero-order valence-electron chi connectivity index (χ0n) is 15.8. The molecule has 2 aromatic rings. The minimum atomic E-state index is -3.68. The van der Waals surface area contributed by atoms with Crippen LogP contribution in [0.15, 0.2) is 47.4 Å². The van der Waals surface area contributed by atoms with Crippen LogP contribution in [0.2, 0.25) is 0 Å². The second-order valence-corrected chi connectivity index (χ2v) is 8.63. The monoisotopic (exact) mass is 388 g/mol. The standard InChI is InChI=1S/C20H24N2O4S/c1-15-5-4-6-17(13-15)20(23)21-9-11-22(12-10-21)27(24,25)19-14-16(2)7-8-18(19)26-3/h4-8,13-14H,9-12H2,1-3H3. The summed E-state index contributed by atoms with van der Waals surface area (Å²) in [6.45, 7) is 5.03. The average molecular weight is 388 g/mol. The van der Waals surface area contributed by atoms with Gasteiger partial charge in [-0.1, -0.05) is 23.8 Å². The Morgan fingerprint density at radius 2 is 1.63 bits per heavy atom. The van der Waals surface area contributed by atoms with Crippen LogP contribution in [0.3, 0.4) is 0 Å². The molecule has 3 rings (SSSR count). The van der Waals surface area contributed by atoms with Gasteiger partial charge in [0.15, 0.2) is 0 Å². The van der Waals surface area contributed by atoms with Gasteiger partial charge in [-0.3, -0.25) is 4.79 Å². The first-order valence-corrected chi connectivity index (χ1v) is 10.3. The molecule has 6 nitrogen and oxygen atoms in total. The molecule has 0 N–H and O–H groups in total. The zero-order valence-corrected chi connectivity index (χ0v) is 16.6. The van der Waals surface area contributed by atoms with Gasteiger partial charge in [0.2, 0.25) is 10.0 Å². The number of carbonyl (C=O) groups excluding carboxylic acids is 1. The number of piperazine rings is 1. The van der Waals surface area contributed by atoms with Crippen LogP contribution in [0.1, 0.15) is 21.5 Å². The highest BCUT2D eigenvalue weighted by Gasteiger charge is 2.32. The molecule has 144 valence electrons. The maximum absolute atomic E-state index is 13.1. The van der Waals surface area contributed by atoms with E-state index in [-0.39, 0.29) is 23.9 Å². The lowest BCUT2D eigenvalue weighted by Gasteiger charge is -2.34. The lowest BCUT2D eigenvalue weighted by molar-refractivity contribution is 0.0697. The third kappa shape index (κ3) is 3.99. The Morgan fingerprint density at radius 3 is 2.26 bits per heavy atom. The molecule has 0 saturated carbocycles. The van der Waals surface area contributed by atoms with Gasteiger partial charge in [-0.2, -0.15) is 4.31 Å². The van der Waals surface area contributed by atoms with Crippen molar-refractivity contribution in [1.29, 1.82) is 0 Å². The Bertz CT molecular complexity index is 948. The Kier molecular flexibility index (Phi) is 5.53. The van der Waals surface area contributed by atoms with Gasteiger partial charge >= 0.3 is 0 Å². The number of amides is 1. The topological polar surface area (TPSA) is 66.9 Å². The molecule has 0 aliphatic carbocycles. The number of hydrogen-bond donors (Lipinski definition) is 0. The molecule has 1 aliphatic rings. The average Bonchev–Trinajstić information content (AvgIpc) is 2.67. The molecule has 2 aromatic carbocycles. The summed E-state index contributed by atoms with van der Waals surface area (Å²) in [4.78, 5) is 14.5. The summed E-state index contributed by atoms with van der Waals surface area (Å²) >= 11 is 0. The quantitative estimate of drug-likeness (QED) is 0.807. The van der Waals surface area contributed by atoms with E-state index < -0.39 is 10.0 Å². The first-order valence-electron chi connectivity index (χ1n) is 8.83. The van der Waals surface area contributed by atoms with E-state index in [9.17, 15) is 13.2 Å². The van der Waals surface area contributed by atoms with Crippen LogP contribution in [0.25, 0.3) is 0 Å². The van der Waals surface area contributed by atoms with Crippen molar-refractivity contribution in [2.45, 2.75) is 18.7 Å². The van der Waals surface area contributed by atoms with Gasteiger partial charge in [-0.25, -0.2) is 8.42 Å². The van der Waals surface area contributed by atoms with E-state index in [1.54, 1.807) is 23.1 Å². The Morgan fingerprint density at radius 1 is 0.963 bits per heavy atom. The molecule has 1 saturated heterocycles. The van der Waals surface area contributed by atoms with Gasteiger partial charge in [-0.05, 0) is 43.7 Å². The highest BCUT2D eigenvalue weighted by atomic mass is 32.2. The summed E-state index contributed by atoms with van der Waals surface area (Å²) in [6.07, 6.45) is 0.